The Morgan fingerprint density at radius 1 is 1.35 bits per heavy atom. The molecule has 4 rings (SSSR count). The zero-order valence-electron chi connectivity index (χ0n) is 12.6. The van der Waals surface area contributed by atoms with E-state index in [-0.39, 0.29) is 24.2 Å². The van der Waals surface area contributed by atoms with Gasteiger partial charge >= 0.3 is 0 Å². The number of aromatic nitrogens is 1. The van der Waals surface area contributed by atoms with E-state index in [9.17, 15) is 4.79 Å². The van der Waals surface area contributed by atoms with Gasteiger partial charge in [-0.15, -0.1) is 0 Å². The molecule has 2 aliphatic heterocycles. The highest BCUT2D eigenvalue weighted by Gasteiger charge is 2.47. The maximum absolute atomic E-state index is 12.7. The van der Waals surface area contributed by atoms with Crippen LogP contribution in [0.1, 0.15) is 23.2 Å². The van der Waals surface area contributed by atoms with Crippen LogP contribution in [0.2, 0.25) is 0 Å². The second-order valence-electron chi connectivity index (χ2n) is 5.84. The molecule has 3 atom stereocenters. The summed E-state index contributed by atoms with van der Waals surface area (Å²) >= 11 is 0. The van der Waals surface area contributed by atoms with Crippen LogP contribution in [0.3, 0.4) is 0 Å². The van der Waals surface area contributed by atoms with Crippen molar-refractivity contribution in [2.45, 2.75) is 31.1 Å². The summed E-state index contributed by atoms with van der Waals surface area (Å²) in [4.78, 5) is 18.8. The maximum atomic E-state index is 12.7. The minimum atomic E-state index is -0.203. The lowest BCUT2D eigenvalue weighted by Gasteiger charge is -2.31. The molecule has 2 aliphatic rings. The minimum absolute atomic E-state index is 0.0358. The van der Waals surface area contributed by atoms with Crippen LogP contribution >= 0.6 is 0 Å². The van der Waals surface area contributed by atoms with E-state index in [1.54, 1.807) is 12.3 Å². The topological polar surface area (TPSA) is 64.8 Å². The molecular weight excluding hydrogens is 296 g/mol. The van der Waals surface area contributed by atoms with Crippen molar-refractivity contribution in [1.29, 1.82) is 0 Å². The number of furan rings is 1. The quantitative estimate of drug-likeness (QED) is 0.868. The number of amides is 1. The lowest BCUT2D eigenvalue weighted by atomic mass is 10.0. The van der Waals surface area contributed by atoms with Gasteiger partial charge in [-0.25, -0.2) is 4.98 Å². The summed E-state index contributed by atoms with van der Waals surface area (Å²) in [5.41, 5.74) is 0.563. The third kappa shape index (κ3) is 2.70. The van der Waals surface area contributed by atoms with Gasteiger partial charge in [0, 0.05) is 18.9 Å². The standard InChI is InChI=1S/C17H18N2O4/c20-17(12-6-9-21-11-12)19-10-14(16-13(19)4-3-8-22-16)23-15-5-1-2-7-18-15/h1-2,5-7,9,11,13-14,16H,3-4,8,10H2/t13-,14-,16+/m0/s1. The predicted octanol–water partition coefficient (Wildman–Crippen LogP) is 2.13. The molecule has 23 heavy (non-hydrogen) atoms. The number of carbonyl (C=O) groups is 1. The lowest BCUT2D eigenvalue weighted by Crippen LogP contribution is -2.44. The number of likely N-dealkylation sites (tertiary alicyclic amines) is 1. The molecule has 120 valence electrons. The Balaban J connectivity index is 1.56. The minimum Gasteiger partial charge on any atom is -0.472 e. The molecule has 6 heteroatoms. The summed E-state index contributed by atoms with van der Waals surface area (Å²) in [5, 5.41) is 0. The largest absolute Gasteiger partial charge is 0.472 e. The van der Waals surface area contributed by atoms with Gasteiger partial charge in [0.1, 0.15) is 18.5 Å². The van der Waals surface area contributed by atoms with E-state index < -0.39 is 0 Å². The monoisotopic (exact) mass is 314 g/mol. The Morgan fingerprint density at radius 3 is 3.09 bits per heavy atom. The molecule has 0 spiro atoms. The van der Waals surface area contributed by atoms with Crippen LogP contribution in [0.4, 0.5) is 0 Å². The van der Waals surface area contributed by atoms with E-state index in [2.05, 4.69) is 4.98 Å². The molecular formula is C17H18N2O4. The van der Waals surface area contributed by atoms with Gasteiger partial charge in [0.05, 0.1) is 24.4 Å². The summed E-state index contributed by atoms with van der Waals surface area (Å²) in [6.07, 6.45) is 6.25. The predicted molar refractivity (Wildman–Crippen MR) is 81.2 cm³/mol. The molecule has 2 fully saturated rings. The van der Waals surface area contributed by atoms with Crippen LogP contribution in [0.5, 0.6) is 5.88 Å². The van der Waals surface area contributed by atoms with Crippen molar-refractivity contribution in [2.24, 2.45) is 0 Å². The van der Waals surface area contributed by atoms with Crippen LogP contribution in [-0.2, 0) is 4.74 Å². The van der Waals surface area contributed by atoms with Crippen molar-refractivity contribution >= 4 is 5.91 Å². The second kappa shape index (κ2) is 6.04. The van der Waals surface area contributed by atoms with Gasteiger partial charge in [-0.2, -0.15) is 0 Å². The average Bonchev–Trinajstić information content (AvgIpc) is 3.24. The first-order valence-electron chi connectivity index (χ1n) is 7.85. The Labute approximate surface area is 134 Å². The Hall–Kier alpha value is -2.34. The third-order valence-corrected chi connectivity index (χ3v) is 4.42. The Morgan fingerprint density at radius 2 is 2.30 bits per heavy atom. The molecule has 0 bridgehead atoms. The van der Waals surface area contributed by atoms with E-state index in [1.807, 2.05) is 23.1 Å². The molecule has 0 N–H and O–H groups in total. The highest BCUT2D eigenvalue weighted by molar-refractivity contribution is 5.94. The maximum Gasteiger partial charge on any atom is 0.257 e. The van der Waals surface area contributed by atoms with Gasteiger partial charge in [-0.1, -0.05) is 6.07 Å². The normalized spacial score (nSPS) is 26.8. The average molecular weight is 314 g/mol. The molecule has 2 aromatic rings. The summed E-state index contributed by atoms with van der Waals surface area (Å²) < 4.78 is 16.9. The number of hydrogen-bond donors (Lipinski definition) is 0. The van der Waals surface area contributed by atoms with Crippen molar-refractivity contribution < 1.29 is 18.7 Å². The summed E-state index contributed by atoms with van der Waals surface area (Å²) in [6.45, 7) is 1.20. The van der Waals surface area contributed by atoms with Gasteiger partial charge in [-0.05, 0) is 25.0 Å². The first-order valence-corrected chi connectivity index (χ1v) is 7.85. The molecule has 0 saturated carbocycles. The van der Waals surface area contributed by atoms with Crippen LogP contribution < -0.4 is 4.74 Å². The molecule has 2 saturated heterocycles. The van der Waals surface area contributed by atoms with Crippen molar-refractivity contribution in [3.63, 3.8) is 0 Å². The molecule has 0 aromatic carbocycles. The van der Waals surface area contributed by atoms with Crippen LogP contribution in [0, 0.1) is 0 Å². The highest BCUT2D eigenvalue weighted by atomic mass is 16.5. The van der Waals surface area contributed by atoms with Crippen LogP contribution in [0.15, 0.2) is 47.4 Å². The van der Waals surface area contributed by atoms with Crippen molar-refractivity contribution in [3.8, 4) is 5.88 Å². The molecule has 6 nitrogen and oxygen atoms in total. The summed E-state index contributed by atoms with van der Waals surface area (Å²) in [5.74, 6) is 0.523. The zero-order chi connectivity index (χ0) is 15.6. The van der Waals surface area contributed by atoms with Gasteiger partial charge in [-0.3, -0.25) is 4.79 Å². The summed E-state index contributed by atoms with van der Waals surface area (Å²) in [7, 11) is 0. The van der Waals surface area contributed by atoms with Crippen LogP contribution in [-0.4, -0.2) is 47.2 Å². The Bertz CT molecular complexity index is 658. The molecule has 0 unspecified atom stereocenters. The first-order chi connectivity index (χ1) is 11.3. The molecule has 2 aromatic heterocycles. The van der Waals surface area contributed by atoms with Crippen LogP contribution in [0.25, 0.3) is 0 Å². The van der Waals surface area contributed by atoms with E-state index in [4.69, 9.17) is 13.9 Å². The fourth-order valence-corrected chi connectivity index (χ4v) is 3.37. The van der Waals surface area contributed by atoms with E-state index >= 15 is 0 Å². The molecule has 0 radical (unpaired) electrons. The van der Waals surface area contributed by atoms with Crippen molar-refractivity contribution in [2.75, 3.05) is 13.2 Å². The Kier molecular flexibility index (Phi) is 3.75. The fourth-order valence-electron chi connectivity index (χ4n) is 3.37. The number of nitrogens with zero attached hydrogens (tertiary/aromatic N) is 2. The second-order valence-corrected chi connectivity index (χ2v) is 5.84. The van der Waals surface area contributed by atoms with Crippen molar-refractivity contribution in [1.82, 2.24) is 9.88 Å². The number of ether oxygens (including phenoxy) is 2. The van der Waals surface area contributed by atoms with E-state index in [1.165, 1.54) is 12.5 Å². The van der Waals surface area contributed by atoms with Gasteiger partial charge in [0.25, 0.3) is 5.91 Å². The van der Waals surface area contributed by atoms with E-state index in [0.717, 1.165) is 12.8 Å². The number of carbonyl (C=O) groups excluding carboxylic acids is 1. The smallest absolute Gasteiger partial charge is 0.257 e. The third-order valence-electron chi connectivity index (χ3n) is 4.42. The van der Waals surface area contributed by atoms with Gasteiger partial charge < -0.3 is 18.8 Å². The van der Waals surface area contributed by atoms with Gasteiger partial charge in [0.2, 0.25) is 5.88 Å². The number of fused-ring (bicyclic) bond motifs is 1. The van der Waals surface area contributed by atoms with Gasteiger partial charge in [0.15, 0.2) is 0 Å². The molecule has 0 aliphatic carbocycles. The number of hydrogen-bond acceptors (Lipinski definition) is 5. The van der Waals surface area contributed by atoms with E-state index in [0.29, 0.717) is 24.6 Å². The first kappa shape index (κ1) is 14.3. The zero-order valence-corrected chi connectivity index (χ0v) is 12.6. The van der Waals surface area contributed by atoms with Crippen molar-refractivity contribution in [3.05, 3.63) is 48.6 Å². The molecule has 4 heterocycles. The highest BCUT2D eigenvalue weighted by Crippen LogP contribution is 2.32. The summed E-state index contributed by atoms with van der Waals surface area (Å²) in [6, 6.07) is 7.27. The fraction of sp³-hybridized carbons (Fsp3) is 0.412. The lowest BCUT2D eigenvalue weighted by molar-refractivity contribution is -0.0455. The SMILES string of the molecule is O=C(c1ccoc1)N1C[C@H](Oc2ccccn2)[C@@H]2OCCC[C@@H]21. The molecule has 1 amide bonds. The number of rotatable bonds is 3. The number of pyridine rings is 1.